The van der Waals surface area contributed by atoms with Crippen LogP contribution in [0.25, 0.3) is 0 Å². The Balaban J connectivity index is 2.02. The van der Waals surface area contributed by atoms with Crippen molar-refractivity contribution in [2.75, 3.05) is 0 Å². The summed E-state index contributed by atoms with van der Waals surface area (Å²) < 4.78 is 0. The van der Waals surface area contributed by atoms with E-state index in [1.807, 2.05) is 43.3 Å². The molecular formula is C22H18Cl2N2OS. The SMILES string of the molecule is CC(=O)C1=C(C)NC(SCc2ccccc2Cl)=C(C#N)[C@H]1c1ccc(Cl)cc1. The molecule has 0 spiro atoms. The lowest BCUT2D eigenvalue weighted by Crippen LogP contribution is -2.27. The van der Waals surface area contributed by atoms with E-state index in [2.05, 4.69) is 11.4 Å². The summed E-state index contributed by atoms with van der Waals surface area (Å²) in [5.41, 5.74) is 3.73. The van der Waals surface area contributed by atoms with Crippen LogP contribution in [0.3, 0.4) is 0 Å². The van der Waals surface area contributed by atoms with Crippen LogP contribution in [0.15, 0.2) is 70.4 Å². The van der Waals surface area contributed by atoms with Crippen molar-refractivity contribution < 1.29 is 4.79 Å². The molecule has 3 rings (SSSR count). The number of dihydropyridines is 1. The Morgan fingerprint density at radius 3 is 2.46 bits per heavy atom. The number of nitriles is 1. The van der Waals surface area contributed by atoms with Crippen LogP contribution in [0, 0.1) is 11.3 Å². The zero-order valence-electron chi connectivity index (χ0n) is 15.4. The van der Waals surface area contributed by atoms with Gasteiger partial charge >= 0.3 is 0 Å². The highest BCUT2D eigenvalue weighted by Crippen LogP contribution is 2.41. The monoisotopic (exact) mass is 428 g/mol. The molecule has 3 nitrogen and oxygen atoms in total. The number of nitrogens with one attached hydrogen (secondary N) is 1. The van der Waals surface area contributed by atoms with Crippen molar-refractivity contribution in [1.82, 2.24) is 5.32 Å². The number of Topliss-reactive ketones (excluding diaryl/α,β-unsaturated/α-hetero) is 1. The first-order valence-corrected chi connectivity index (χ1v) is 10.4. The van der Waals surface area contributed by atoms with Crippen molar-refractivity contribution in [3.05, 3.63) is 91.6 Å². The molecule has 2 aromatic rings. The van der Waals surface area contributed by atoms with E-state index in [0.717, 1.165) is 21.9 Å². The molecule has 1 aliphatic rings. The second kappa shape index (κ2) is 8.87. The fourth-order valence-electron chi connectivity index (χ4n) is 3.25. The zero-order chi connectivity index (χ0) is 20.3. The van der Waals surface area contributed by atoms with E-state index in [4.69, 9.17) is 23.2 Å². The van der Waals surface area contributed by atoms with Crippen LogP contribution >= 0.6 is 35.0 Å². The van der Waals surface area contributed by atoms with Gasteiger partial charge in [-0.05, 0) is 43.2 Å². The molecule has 6 heteroatoms. The summed E-state index contributed by atoms with van der Waals surface area (Å²) in [6, 6.07) is 17.2. The molecule has 142 valence electrons. The predicted octanol–water partition coefficient (Wildman–Crippen LogP) is 6.21. The topological polar surface area (TPSA) is 52.9 Å². The minimum atomic E-state index is -0.422. The summed E-state index contributed by atoms with van der Waals surface area (Å²) in [4.78, 5) is 12.4. The summed E-state index contributed by atoms with van der Waals surface area (Å²) in [5, 5.41) is 15.2. The van der Waals surface area contributed by atoms with E-state index in [-0.39, 0.29) is 5.78 Å². The van der Waals surface area contributed by atoms with Gasteiger partial charge in [-0.25, -0.2) is 0 Å². The van der Waals surface area contributed by atoms with E-state index < -0.39 is 5.92 Å². The molecule has 0 saturated heterocycles. The fraction of sp³-hybridized carbons (Fsp3) is 0.182. The van der Waals surface area contributed by atoms with Gasteiger partial charge in [-0.3, -0.25) is 4.79 Å². The van der Waals surface area contributed by atoms with E-state index in [9.17, 15) is 10.1 Å². The van der Waals surface area contributed by atoms with Crippen LogP contribution in [0.5, 0.6) is 0 Å². The molecule has 1 N–H and O–H groups in total. The van der Waals surface area contributed by atoms with Gasteiger partial charge in [0.15, 0.2) is 5.78 Å². The summed E-state index contributed by atoms with van der Waals surface area (Å²) in [7, 11) is 0. The smallest absolute Gasteiger partial charge is 0.158 e. The number of benzene rings is 2. The van der Waals surface area contributed by atoms with Crippen LogP contribution in [-0.4, -0.2) is 5.78 Å². The normalized spacial score (nSPS) is 16.6. The molecule has 0 fully saturated rings. The maximum atomic E-state index is 12.4. The number of nitrogens with zero attached hydrogens (tertiary/aromatic N) is 1. The number of halogens is 2. The molecule has 0 aliphatic carbocycles. The summed E-state index contributed by atoms with van der Waals surface area (Å²) in [6.45, 7) is 3.39. The van der Waals surface area contributed by atoms with Gasteiger partial charge in [-0.2, -0.15) is 5.26 Å². The Hall–Kier alpha value is -2.19. The third-order valence-electron chi connectivity index (χ3n) is 4.56. The Labute approximate surface area is 179 Å². The van der Waals surface area contributed by atoms with E-state index in [0.29, 0.717) is 26.9 Å². The molecule has 0 aromatic heterocycles. The molecule has 28 heavy (non-hydrogen) atoms. The Morgan fingerprint density at radius 2 is 1.86 bits per heavy atom. The maximum absolute atomic E-state index is 12.4. The lowest BCUT2D eigenvalue weighted by atomic mass is 9.81. The number of hydrogen-bond acceptors (Lipinski definition) is 4. The molecule has 2 aromatic carbocycles. The van der Waals surface area contributed by atoms with Crippen molar-refractivity contribution in [3.8, 4) is 6.07 Å². The first-order valence-electron chi connectivity index (χ1n) is 8.67. The lowest BCUT2D eigenvalue weighted by molar-refractivity contribution is -0.113. The van der Waals surface area contributed by atoms with Gasteiger partial charge in [-0.15, -0.1) is 11.8 Å². The van der Waals surface area contributed by atoms with E-state index >= 15 is 0 Å². The highest BCUT2D eigenvalue weighted by atomic mass is 35.5. The number of allylic oxidation sites excluding steroid dienone is 3. The van der Waals surface area contributed by atoms with Crippen molar-refractivity contribution >= 4 is 40.7 Å². The highest BCUT2D eigenvalue weighted by molar-refractivity contribution is 8.02. The Morgan fingerprint density at radius 1 is 1.18 bits per heavy atom. The second-order valence-corrected chi connectivity index (χ2v) is 8.27. The Bertz CT molecular complexity index is 1020. The molecule has 0 unspecified atom stereocenters. The van der Waals surface area contributed by atoms with Crippen LogP contribution in [-0.2, 0) is 10.5 Å². The number of ketones is 1. The first-order chi connectivity index (χ1) is 13.4. The largest absolute Gasteiger partial charge is 0.353 e. The quantitative estimate of drug-likeness (QED) is 0.614. The number of carbonyl (C=O) groups is 1. The second-order valence-electron chi connectivity index (χ2n) is 6.44. The molecule has 0 radical (unpaired) electrons. The van der Waals surface area contributed by atoms with Gasteiger partial charge in [0.2, 0.25) is 0 Å². The fourth-order valence-corrected chi connectivity index (χ4v) is 4.75. The third-order valence-corrected chi connectivity index (χ3v) is 6.25. The average Bonchev–Trinajstić information content (AvgIpc) is 2.67. The first kappa shape index (κ1) is 20.5. The average molecular weight is 429 g/mol. The van der Waals surface area contributed by atoms with Crippen LogP contribution in [0.2, 0.25) is 10.0 Å². The van der Waals surface area contributed by atoms with E-state index in [1.165, 1.54) is 18.7 Å². The number of hydrogen-bond donors (Lipinski definition) is 1. The molecule has 1 atom stereocenters. The van der Waals surface area contributed by atoms with Crippen molar-refractivity contribution in [2.24, 2.45) is 0 Å². The third kappa shape index (κ3) is 4.28. The highest BCUT2D eigenvalue weighted by Gasteiger charge is 2.33. The predicted molar refractivity (Wildman–Crippen MR) is 116 cm³/mol. The standard InChI is InChI=1S/C22H18Cl2N2OS/c1-13-20(14(2)27)21(15-7-9-17(23)10-8-15)18(11-25)22(26-13)28-12-16-5-3-4-6-19(16)24/h3-10,21,26H,12H2,1-2H3/t21-/m1/s1. The Kier molecular flexibility index (Phi) is 6.51. The van der Waals surface area contributed by atoms with Gasteiger partial charge in [0.25, 0.3) is 0 Å². The molecule has 1 aliphatic heterocycles. The molecule has 0 bridgehead atoms. The van der Waals surface area contributed by atoms with Gasteiger partial charge in [-0.1, -0.05) is 53.5 Å². The van der Waals surface area contributed by atoms with Crippen molar-refractivity contribution in [1.29, 1.82) is 5.26 Å². The molecule has 0 amide bonds. The number of carbonyl (C=O) groups excluding carboxylic acids is 1. The van der Waals surface area contributed by atoms with Crippen LogP contribution in [0.4, 0.5) is 0 Å². The van der Waals surface area contributed by atoms with Gasteiger partial charge < -0.3 is 5.32 Å². The maximum Gasteiger partial charge on any atom is 0.158 e. The molecule has 0 saturated carbocycles. The summed E-state index contributed by atoms with van der Waals surface area (Å²) >= 11 is 13.8. The van der Waals surface area contributed by atoms with Gasteiger partial charge in [0, 0.05) is 27.1 Å². The minimum absolute atomic E-state index is 0.0622. The van der Waals surface area contributed by atoms with Gasteiger partial charge in [0.05, 0.1) is 22.6 Å². The number of thioether (sulfide) groups is 1. The molecule has 1 heterocycles. The zero-order valence-corrected chi connectivity index (χ0v) is 17.8. The van der Waals surface area contributed by atoms with Crippen LogP contribution < -0.4 is 5.32 Å². The van der Waals surface area contributed by atoms with Gasteiger partial charge in [0.1, 0.15) is 0 Å². The minimum Gasteiger partial charge on any atom is -0.353 e. The van der Waals surface area contributed by atoms with Crippen molar-refractivity contribution in [3.63, 3.8) is 0 Å². The number of rotatable bonds is 5. The summed E-state index contributed by atoms with van der Waals surface area (Å²) in [6.07, 6.45) is 0. The summed E-state index contributed by atoms with van der Waals surface area (Å²) in [5.74, 6) is 0.131. The van der Waals surface area contributed by atoms with Crippen molar-refractivity contribution in [2.45, 2.75) is 25.5 Å². The lowest BCUT2D eigenvalue weighted by Gasteiger charge is -2.29. The van der Waals surface area contributed by atoms with E-state index in [1.54, 1.807) is 12.1 Å². The molecular weight excluding hydrogens is 411 g/mol. The van der Waals surface area contributed by atoms with Crippen LogP contribution in [0.1, 0.15) is 30.9 Å².